The van der Waals surface area contributed by atoms with Gasteiger partial charge in [0, 0.05) is 39.0 Å². The van der Waals surface area contributed by atoms with E-state index in [1.165, 1.54) is 77.6 Å². The molecule has 11 aromatic rings. The number of anilines is 3. The van der Waals surface area contributed by atoms with Crippen LogP contribution in [0.1, 0.15) is 23.7 Å². The fraction of sp³-hybridized carbons (Fsp3) is 0.0462. The Morgan fingerprint density at radius 3 is 1.63 bits per heavy atom. The molecule has 67 heavy (non-hydrogen) atoms. The van der Waals surface area contributed by atoms with Crippen LogP contribution in [0.25, 0.3) is 83.5 Å². The van der Waals surface area contributed by atoms with Crippen molar-refractivity contribution in [1.29, 1.82) is 0 Å². The highest BCUT2D eigenvalue weighted by Gasteiger charge is 2.30. The molecular weight excluding hydrogens is 809 g/mol. The second kappa shape index (κ2) is 17.2. The summed E-state index contributed by atoms with van der Waals surface area (Å²) in [6.45, 7) is 2.40. The Kier molecular flexibility index (Phi) is 10.3. The van der Waals surface area contributed by atoms with Crippen molar-refractivity contribution in [3.63, 3.8) is 0 Å². The Labute approximate surface area is 393 Å². The summed E-state index contributed by atoms with van der Waals surface area (Å²) in [5.74, 6) is 0.234. The van der Waals surface area contributed by atoms with Gasteiger partial charge in [-0.2, -0.15) is 0 Å². The maximum absolute atomic E-state index is 2.56. The Bertz CT molecular complexity index is 3600. The Morgan fingerprint density at radius 1 is 0.403 bits per heavy atom. The molecule has 1 aliphatic rings. The van der Waals surface area contributed by atoms with Gasteiger partial charge in [0.25, 0.3) is 0 Å². The van der Waals surface area contributed by atoms with Crippen molar-refractivity contribution < 1.29 is 0 Å². The molecular formula is C65H48N2. The van der Waals surface area contributed by atoms with Gasteiger partial charge in [0.1, 0.15) is 0 Å². The second-order valence-electron chi connectivity index (χ2n) is 17.7. The first-order valence-electron chi connectivity index (χ1n) is 23.4. The summed E-state index contributed by atoms with van der Waals surface area (Å²) in [5, 5.41) is 3.73. The summed E-state index contributed by atoms with van der Waals surface area (Å²) in [6, 6.07) is 90.9. The third kappa shape index (κ3) is 7.15. The van der Waals surface area contributed by atoms with Crippen LogP contribution in [-0.2, 0) is 6.42 Å². The van der Waals surface area contributed by atoms with Gasteiger partial charge >= 0.3 is 0 Å². The first kappa shape index (κ1) is 40.1. The molecule has 0 fully saturated rings. The maximum Gasteiger partial charge on any atom is 0.0540 e. The highest BCUT2D eigenvalue weighted by Crippen LogP contribution is 2.51. The van der Waals surface area contributed by atoms with Crippen LogP contribution in [0.5, 0.6) is 0 Å². The summed E-state index contributed by atoms with van der Waals surface area (Å²) in [7, 11) is 0. The lowest BCUT2D eigenvalue weighted by atomic mass is 9.82. The average molecular weight is 857 g/mol. The number of fused-ring (bicyclic) bond motifs is 4. The van der Waals surface area contributed by atoms with Crippen molar-refractivity contribution in [3.05, 3.63) is 266 Å². The third-order valence-electron chi connectivity index (χ3n) is 13.7. The number of rotatable bonds is 9. The quantitative estimate of drug-likeness (QED) is 0.140. The Hall–Kier alpha value is -8.46. The van der Waals surface area contributed by atoms with Gasteiger partial charge in [0.2, 0.25) is 0 Å². The molecule has 0 amide bonds. The van der Waals surface area contributed by atoms with Crippen molar-refractivity contribution in [2.45, 2.75) is 13.3 Å². The van der Waals surface area contributed by atoms with E-state index in [9.17, 15) is 0 Å². The fourth-order valence-corrected chi connectivity index (χ4v) is 10.6. The van der Waals surface area contributed by atoms with Gasteiger partial charge < -0.3 is 9.47 Å². The van der Waals surface area contributed by atoms with E-state index in [1.54, 1.807) is 0 Å². The van der Waals surface area contributed by atoms with Crippen molar-refractivity contribution >= 4 is 50.4 Å². The normalized spacial score (nSPS) is 13.3. The standard InChI is InChI=1S/C65H48N2/c1-45-42-64-59(55-34-16-17-37-60(55)66(64)51-30-12-5-13-31-51)44-57(45)54-33-15-19-39-62(54)67(63-41-40-50(46-22-6-2-7-23-46)43-58(63)48-26-10-4-11-27-48)61-38-18-14-32-53(61)56-36-21-29-49-28-20-35-52(65(49)56)47-24-8-3-9-25-47/h2-41,43-45H,42H2,1H3. The monoisotopic (exact) mass is 856 g/mol. The first-order chi connectivity index (χ1) is 33.2. The van der Waals surface area contributed by atoms with Crippen molar-refractivity contribution in [2.75, 3.05) is 4.90 Å². The third-order valence-corrected chi connectivity index (χ3v) is 13.7. The fourth-order valence-electron chi connectivity index (χ4n) is 10.6. The molecule has 1 unspecified atom stereocenters. The number of aromatic nitrogens is 1. The van der Waals surface area contributed by atoms with Crippen molar-refractivity contribution in [3.8, 4) is 50.2 Å². The molecule has 1 aliphatic carbocycles. The SMILES string of the molecule is CC1Cc2c(c3ccccc3n2-c2ccccc2)C=C1c1ccccc1N(c1ccc(-c2ccccc2)cc1-c1ccccc1)c1ccccc1-c1cccc2cccc(-c3ccccc3)c12. The molecule has 1 heterocycles. The summed E-state index contributed by atoms with van der Waals surface area (Å²) in [6.07, 6.45) is 3.41. The van der Waals surface area contributed by atoms with E-state index >= 15 is 0 Å². The van der Waals surface area contributed by atoms with Crippen molar-refractivity contribution in [1.82, 2.24) is 4.57 Å². The molecule has 10 aromatic carbocycles. The van der Waals surface area contributed by atoms with Gasteiger partial charge in [-0.1, -0.05) is 213 Å². The van der Waals surface area contributed by atoms with E-state index in [0.717, 1.165) is 40.2 Å². The summed E-state index contributed by atoms with van der Waals surface area (Å²) >= 11 is 0. The number of benzene rings is 10. The van der Waals surface area contributed by atoms with E-state index in [-0.39, 0.29) is 5.92 Å². The Morgan fingerprint density at radius 2 is 0.925 bits per heavy atom. The first-order valence-corrected chi connectivity index (χ1v) is 23.4. The van der Waals surface area contributed by atoms with Gasteiger partial charge in [0.15, 0.2) is 0 Å². The van der Waals surface area contributed by atoms with Crippen LogP contribution in [0.2, 0.25) is 0 Å². The van der Waals surface area contributed by atoms with E-state index in [4.69, 9.17) is 0 Å². The smallest absolute Gasteiger partial charge is 0.0540 e. The largest absolute Gasteiger partial charge is 0.313 e. The van der Waals surface area contributed by atoms with E-state index in [2.05, 4.69) is 271 Å². The number of allylic oxidation sites excluding steroid dienone is 1. The number of nitrogens with zero attached hydrogens (tertiary/aromatic N) is 2. The molecule has 0 saturated carbocycles. The van der Waals surface area contributed by atoms with E-state index in [0.29, 0.717) is 0 Å². The summed E-state index contributed by atoms with van der Waals surface area (Å²) < 4.78 is 2.48. The highest BCUT2D eigenvalue weighted by molar-refractivity contribution is 6.10. The minimum absolute atomic E-state index is 0.234. The Balaban J connectivity index is 1.14. The zero-order valence-corrected chi connectivity index (χ0v) is 37.4. The van der Waals surface area contributed by atoms with Crippen LogP contribution in [0.4, 0.5) is 17.1 Å². The van der Waals surface area contributed by atoms with Gasteiger partial charge in [-0.15, -0.1) is 0 Å². The van der Waals surface area contributed by atoms with Crippen LogP contribution in [0.15, 0.2) is 249 Å². The van der Waals surface area contributed by atoms with Crippen LogP contribution in [0, 0.1) is 5.92 Å². The summed E-state index contributed by atoms with van der Waals surface area (Å²) in [5.41, 5.74) is 20.5. The second-order valence-corrected chi connectivity index (χ2v) is 17.7. The molecule has 318 valence electrons. The minimum Gasteiger partial charge on any atom is -0.313 e. The zero-order valence-electron chi connectivity index (χ0n) is 37.4. The number of hydrogen-bond donors (Lipinski definition) is 0. The van der Waals surface area contributed by atoms with E-state index in [1.807, 2.05) is 0 Å². The van der Waals surface area contributed by atoms with Gasteiger partial charge in [0.05, 0.1) is 22.6 Å². The van der Waals surface area contributed by atoms with Gasteiger partial charge in [-0.25, -0.2) is 0 Å². The molecule has 0 spiro atoms. The molecule has 2 nitrogen and oxygen atoms in total. The molecule has 0 saturated heterocycles. The van der Waals surface area contributed by atoms with Crippen molar-refractivity contribution in [2.24, 2.45) is 5.92 Å². The summed E-state index contributed by atoms with van der Waals surface area (Å²) in [4.78, 5) is 2.56. The van der Waals surface area contributed by atoms with Crippen LogP contribution in [0.3, 0.4) is 0 Å². The molecule has 0 aliphatic heterocycles. The number of para-hydroxylation sites is 4. The lowest BCUT2D eigenvalue weighted by Gasteiger charge is -2.34. The molecule has 2 heteroatoms. The molecule has 1 atom stereocenters. The molecule has 0 bridgehead atoms. The average Bonchev–Trinajstić information content (AvgIpc) is 3.72. The topological polar surface area (TPSA) is 8.17 Å². The molecule has 12 rings (SSSR count). The number of hydrogen-bond acceptors (Lipinski definition) is 1. The minimum atomic E-state index is 0.234. The van der Waals surface area contributed by atoms with Crippen LogP contribution >= 0.6 is 0 Å². The molecule has 0 radical (unpaired) electrons. The predicted octanol–water partition coefficient (Wildman–Crippen LogP) is 17.7. The lowest BCUT2D eigenvalue weighted by Crippen LogP contribution is -2.17. The lowest BCUT2D eigenvalue weighted by molar-refractivity contribution is 0.708. The van der Waals surface area contributed by atoms with E-state index < -0.39 is 0 Å². The van der Waals surface area contributed by atoms with Gasteiger partial charge in [-0.05, 0) is 111 Å². The molecule has 0 N–H and O–H groups in total. The van der Waals surface area contributed by atoms with Crippen LogP contribution < -0.4 is 4.90 Å². The zero-order chi connectivity index (χ0) is 44.7. The van der Waals surface area contributed by atoms with Crippen LogP contribution in [-0.4, -0.2) is 4.57 Å². The van der Waals surface area contributed by atoms with Gasteiger partial charge in [-0.3, -0.25) is 0 Å². The maximum atomic E-state index is 2.56. The predicted molar refractivity (Wildman–Crippen MR) is 284 cm³/mol. The molecule has 1 aromatic heterocycles. The highest BCUT2D eigenvalue weighted by atomic mass is 15.2.